The zero-order valence-corrected chi connectivity index (χ0v) is 10.7. The minimum atomic E-state index is 0.409. The Labute approximate surface area is 104 Å². The van der Waals surface area contributed by atoms with Gasteiger partial charge < -0.3 is 5.73 Å². The lowest BCUT2D eigenvalue weighted by Gasteiger charge is -1.99. The molecular formula is C9H7BrClN3S. The number of halogens is 2. The second-order valence-electron chi connectivity index (χ2n) is 2.83. The molecule has 78 valence electrons. The standard InChI is InChI=1S/C9H7BrClN3S/c10-5-1-2-6(7(11)3-5)9-14-13-8(4-12)15-9/h1-3H,4,12H2. The molecule has 2 rings (SSSR count). The van der Waals surface area contributed by atoms with Crippen LogP contribution in [0.5, 0.6) is 0 Å². The van der Waals surface area contributed by atoms with Crippen LogP contribution in [-0.2, 0) is 6.54 Å². The van der Waals surface area contributed by atoms with Crippen molar-refractivity contribution >= 4 is 38.9 Å². The van der Waals surface area contributed by atoms with E-state index in [1.807, 2.05) is 18.2 Å². The highest BCUT2D eigenvalue weighted by molar-refractivity contribution is 9.10. The van der Waals surface area contributed by atoms with E-state index in [0.29, 0.717) is 11.6 Å². The zero-order valence-electron chi connectivity index (χ0n) is 7.58. The molecule has 0 saturated heterocycles. The largest absolute Gasteiger partial charge is 0.324 e. The summed E-state index contributed by atoms with van der Waals surface area (Å²) in [5.41, 5.74) is 6.36. The van der Waals surface area contributed by atoms with E-state index < -0.39 is 0 Å². The van der Waals surface area contributed by atoms with Gasteiger partial charge in [0.2, 0.25) is 0 Å². The summed E-state index contributed by atoms with van der Waals surface area (Å²) in [6.07, 6.45) is 0. The molecule has 6 heteroatoms. The van der Waals surface area contributed by atoms with E-state index >= 15 is 0 Å². The molecule has 0 unspecified atom stereocenters. The molecule has 0 spiro atoms. The van der Waals surface area contributed by atoms with E-state index in [0.717, 1.165) is 20.1 Å². The van der Waals surface area contributed by atoms with Gasteiger partial charge in [0.05, 0.1) is 5.02 Å². The number of rotatable bonds is 2. The van der Waals surface area contributed by atoms with Crippen LogP contribution in [0.2, 0.25) is 5.02 Å². The van der Waals surface area contributed by atoms with Gasteiger partial charge in [-0.05, 0) is 18.2 Å². The lowest BCUT2D eigenvalue weighted by molar-refractivity contribution is 0.960. The van der Waals surface area contributed by atoms with Crippen molar-refractivity contribution in [2.24, 2.45) is 5.73 Å². The highest BCUT2D eigenvalue weighted by atomic mass is 79.9. The number of benzene rings is 1. The lowest BCUT2D eigenvalue weighted by Crippen LogP contribution is -1.94. The Hall–Kier alpha value is -0.490. The predicted octanol–water partition coefficient (Wildman–Crippen LogP) is 3.08. The van der Waals surface area contributed by atoms with E-state index in [2.05, 4.69) is 26.1 Å². The van der Waals surface area contributed by atoms with Crippen LogP contribution in [-0.4, -0.2) is 10.2 Å². The Bertz CT molecular complexity index is 486. The van der Waals surface area contributed by atoms with Gasteiger partial charge in [-0.25, -0.2) is 0 Å². The molecule has 15 heavy (non-hydrogen) atoms. The van der Waals surface area contributed by atoms with Gasteiger partial charge in [0.25, 0.3) is 0 Å². The summed E-state index contributed by atoms with van der Waals surface area (Å²) < 4.78 is 0.944. The SMILES string of the molecule is NCc1nnc(-c2ccc(Br)cc2Cl)s1. The molecular weight excluding hydrogens is 298 g/mol. The first-order valence-corrected chi connectivity index (χ1v) is 6.17. The fourth-order valence-electron chi connectivity index (χ4n) is 1.11. The third kappa shape index (κ3) is 2.36. The average Bonchev–Trinajstić information content (AvgIpc) is 2.66. The van der Waals surface area contributed by atoms with Crippen LogP contribution in [0.15, 0.2) is 22.7 Å². The van der Waals surface area contributed by atoms with Gasteiger partial charge in [-0.3, -0.25) is 0 Å². The number of nitrogens with two attached hydrogens (primary N) is 1. The molecule has 0 atom stereocenters. The van der Waals surface area contributed by atoms with Crippen LogP contribution in [0, 0.1) is 0 Å². The normalized spacial score (nSPS) is 10.6. The van der Waals surface area contributed by atoms with E-state index in [1.54, 1.807) is 0 Å². The summed E-state index contributed by atoms with van der Waals surface area (Å²) in [6, 6.07) is 5.67. The van der Waals surface area contributed by atoms with E-state index in [4.69, 9.17) is 17.3 Å². The number of hydrogen-bond donors (Lipinski definition) is 1. The topological polar surface area (TPSA) is 51.8 Å². The molecule has 0 amide bonds. The molecule has 2 N–H and O–H groups in total. The Kier molecular flexibility index (Phi) is 3.35. The summed E-state index contributed by atoms with van der Waals surface area (Å²) in [6.45, 7) is 0.409. The summed E-state index contributed by atoms with van der Waals surface area (Å²) in [7, 11) is 0. The molecule has 0 aliphatic carbocycles. The van der Waals surface area contributed by atoms with Crippen molar-refractivity contribution in [1.29, 1.82) is 0 Å². The predicted molar refractivity (Wildman–Crippen MR) is 65.9 cm³/mol. The van der Waals surface area contributed by atoms with Crippen LogP contribution in [0.3, 0.4) is 0 Å². The van der Waals surface area contributed by atoms with Gasteiger partial charge in [0.15, 0.2) is 0 Å². The molecule has 0 radical (unpaired) electrons. The highest BCUT2D eigenvalue weighted by Crippen LogP contribution is 2.32. The number of hydrogen-bond acceptors (Lipinski definition) is 4. The molecule has 3 nitrogen and oxygen atoms in total. The first-order valence-electron chi connectivity index (χ1n) is 4.18. The van der Waals surface area contributed by atoms with Gasteiger partial charge in [-0.1, -0.05) is 38.9 Å². The van der Waals surface area contributed by atoms with Crippen LogP contribution < -0.4 is 5.73 Å². The minimum absolute atomic E-state index is 0.409. The molecule has 0 fully saturated rings. The number of nitrogens with zero attached hydrogens (tertiary/aromatic N) is 2. The van der Waals surface area contributed by atoms with Crippen molar-refractivity contribution in [3.05, 3.63) is 32.7 Å². The maximum Gasteiger partial charge on any atom is 0.149 e. The van der Waals surface area contributed by atoms with Crippen molar-refractivity contribution in [2.75, 3.05) is 0 Å². The van der Waals surface area contributed by atoms with Crippen molar-refractivity contribution in [1.82, 2.24) is 10.2 Å². The molecule has 0 bridgehead atoms. The van der Waals surface area contributed by atoms with Gasteiger partial charge in [0, 0.05) is 16.6 Å². The fraction of sp³-hybridized carbons (Fsp3) is 0.111. The maximum atomic E-state index is 6.09. The van der Waals surface area contributed by atoms with Crippen LogP contribution in [0.1, 0.15) is 5.01 Å². The monoisotopic (exact) mass is 303 g/mol. The third-order valence-corrected chi connectivity index (χ3v) is 3.59. The summed E-state index contributed by atoms with van der Waals surface area (Å²) in [4.78, 5) is 0. The molecule has 2 aromatic rings. The number of aromatic nitrogens is 2. The molecule has 0 aliphatic heterocycles. The van der Waals surface area contributed by atoms with Crippen LogP contribution in [0.25, 0.3) is 10.6 Å². The molecule has 0 saturated carbocycles. The smallest absolute Gasteiger partial charge is 0.149 e. The lowest BCUT2D eigenvalue weighted by atomic mass is 10.2. The van der Waals surface area contributed by atoms with Gasteiger partial charge in [-0.15, -0.1) is 10.2 Å². The van der Waals surface area contributed by atoms with Crippen molar-refractivity contribution in [3.8, 4) is 10.6 Å². The van der Waals surface area contributed by atoms with Gasteiger partial charge in [0.1, 0.15) is 10.0 Å². The Morgan fingerprint density at radius 1 is 1.40 bits per heavy atom. The first-order chi connectivity index (χ1) is 7.20. The van der Waals surface area contributed by atoms with E-state index in [9.17, 15) is 0 Å². The second kappa shape index (κ2) is 4.57. The summed E-state index contributed by atoms with van der Waals surface area (Å²) in [5.74, 6) is 0. The summed E-state index contributed by atoms with van der Waals surface area (Å²) >= 11 is 10.9. The maximum absolute atomic E-state index is 6.09. The van der Waals surface area contributed by atoms with E-state index in [-0.39, 0.29) is 0 Å². The Balaban J connectivity index is 2.44. The highest BCUT2D eigenvalue weighted by Gasteiger charge is 2.09. The van der Waals surface area contributed by atoms with Crippen molar-refractivity contribution < 1.29 is 0 Å². The molecule has 0 aliphatic rings. The quantitative estimate of drug-likeness (QED) is 0.927. The molecule has 1 aromatic carbocycles. The Morgan fingerprint density at radius 3 is 2.80 bits per heavy atom. The first kappa shape index (κ1) is 11.0. The van der Waals surface area contributed by atoms with Crippen molar-refractivity contribution in [3.63, 3.8) is 0 Å². The van der Waals surface area contributed by atoms with Crippen molar-refractivity contribution in [2.45, 2.75) is 6.54 Å². The average molecular weight is 305 g/mol. The third-order valence-electron chi connectivity index (χ3n) is 1.80. The minimum Gasteiger partial charge on any atom is -0.324 e. The zero-order chi connectivity index (χ0) is 10.8. The molecule has 1 heterocycles. The second-order valence-corrected chi connectivity index (χ2v) is 5.21. The summed E-state index contributed by atoms with van der Waals surface area (Å²) in [5, 5.41) is 10.2. The Morgan fingerprint density at radius 2 is 2.20 bits per heavy atom. The van der Waals surface area contributed by atoms with Crippen LogP contribution >= 0.6 is 38.9 Å². The van der Waals surface area contributed by atoms with Gasteiger partial charge in [-0.2, -0.15) is 0 Å². The fourth-order valence-corrected chi connectivity index (χ4v) is 2.68. The molecule has 1 aromatic heterocycles. The van der Waals surface area contributed by atoms with Gasteiger partial charge >= 0.3 is 0 Å². The van der Waals surface area contributed by atoms with E-state index in [1.165, 1.54) is 11.3 Å². The van der Waals surface area contributed by atoms with Crippen LogP contribution in [0.4, 0.5) is 0 Å².